The predicted molar refractivity (Wildman–Crippen MR) is 98.6 cm³/mol. The Morgan fingerprint density at radius 2 is 1.88 bits per heavy atom. The van der Waals surface area contributed by atoms with Crippen LogP contribution in [0, 0.1) is 0 Å². The monoisotopic (exact) mass is 425 g/mol. The summed E-state index contributed by atoms with van der Waals surface area (Å²) in [4.78, 5) is 0.152. The van der Waals surface area contributed by atoms with Crippen LogP contribution in [0.5, 0.6) is 0 Å². The Kier molecular flexibility index (Phi) is 4.67. The fourth-order valence-corrected chi connectivity index (χ4v) is 4.05. The van der Waals surface area contributed by atoms with Gasteiger partial charge in [0, 0.05) is 23.3 Å². The molecule has 0 spiro atoms. The van der Waals surface area contributed by atoms with Crippen LogP contribution in [-0.4, -0.2) is 18.2 Å². The van der Waals surface area contributed by atoms with Gasteiger partial charge in [-0.25, -0.2) is 8.42 Å². The van der Waals surface area contributed by atoms with Crippen LogP contribution < -0.4 is 4.72 Å². The Morgan fingerprint density at radius 1 is 1.17 bits per heavy atom. The summed E-state index contributed by atoms with van der Waals surface area (Å²) in [7, 11) is -1.85. The van der Waals surface area contributed by atoms with E-state index in [1.54, 1.807) is 41.2 Å². The molecule has 1 aromatic heterocycles. The van der Waals surface area contributed by atoms with E-state index in [4.69, 9.17) is 11.6 Å². The fraction of sp³-hybridized carbons (Fsp3) is 0.0625. The van der Waals surface area contributed by atoms with Crippen LogP contribution in [-0.2, 0) is 17.1 Å². The van der Waals surface area contributed by atoms with Crippen LogP contribution in [0.2, 0.25) is 5.02 Å². The first kappa shape index (κ1) is 17.0. The molecule has 0 aliphatic rings. The van der Waals surface area contributed by atoms with Gasteiger partial charge in [0.2, 0.25) is 0 Å². The smallest absolute Gasteiger partial charge is 0.261 e. The number of anilines is 1. The van der Waals surface area contributed by atoms with Gasteiger partial charge >= 0.3 is 0 Å². The maximum Gasteiger partial charge on any atom is 0.261 e. The molecule has 3 aromatic rings. The first-order valence-corrected chi connectivity index (χ1v) is 9.58. The second kappa shape index (κ2) is 6.58. The van der Waals surface area contributed by atoms with Crippen molar-refractivity contribution in [2.24, 2.45) is 7.05 Å². The number of nitrogens with one attached hydrogen (secondary N) is 1. The SMILES string of the molecule is Cn1ncc(Br)c1-c1cccc(NS(=O)(=O)c2ccc(Cl)cc2)c1. The van der Waals surface area contributed by atoms with Crippen molar-refractivity contribution < 1.29 is 8.42 Å². The van der Waals surface area contributed by atoms with Gasteiger partial charge in [-0.15, -0.1) is 0 Å². The Hall–Kier alpha value is -1.83. The molecule has 8 heteroatoms. The molecule has 0 saturated carbocycles. The lowest BCUT2D eigenvalue weighted by Gasteiger charge is -2.10. The van der Waals surface area contributed by atoms with E-state index in [9.17, 15) is 8.42 Å². The summed E-state index contributed by atoms with van der Waals surface area (Å²) in [6.07, 6.45) is 1.69. The van der Waals surface area contributed by atoms with E-state index in [0.29, 0.717) is 10.7 Å². The molecule has 3 rings (SSSR count). The summed E-state index contributed by atoms with van der Waals surface area (Å²) >= 11 is 9.25. The summed E-state index contributed by atoms with van der Waals surface area (Å²) in [5, 5.41) is 4.65. The molecule has 0 aliphatic carbocycles. The Balaban J connectivity index is 1.94. The van der Waals surface area contributed by atoms with Gasteiger partial charge in [0.1, 0.15) is 0 Å². The third kappa shape index (κ3) is 3.48. The van der Waals surface area contributed by atoms with Crippen LogP contribution in [0.15, 0.2) is 64.1 Å². The predicted octanol–water partition coefficient (Wildman–Crippen LogP) is 4.30. The van der Waals surface area contributed by atoms with E-state index >= 15 is 0 Å². The van der Waals surface area contributed by atoms with Crippen LogP contribution >= 0.6 is 27.5 Å². The zero-order chi connectivity index (χ0) is 17.3. The van der Waals surface area contributed by atoms with Gasteiger partial charge in [-0.3, -0.25) is 9.40 Å². The number of nitrogens with zero attached hydrogens (tertiary/aromatic N) is 2. The maximum absolute atomic E-state index is 12.5. The van der Waals surface area contributed by atoms with Crippen molar-refractivity contribution in [3.63, 3.8) is 0 Å². The van der Waals surface area contributed by atoms with Crippen molar-refractivity contribution in [3.05, 3.63) is 64.2 Å². The van der Waals surface area contributed by atoms with Crippen LogP contribution in [0.4, 0.5) is 5.69 Å². The van der Waals surface area contributed by atoms with Crippen molar-refractivity contribution in [1.82, 2.24) is 9.78 Å². The summed E-state index contributed by atoms with van der Waals surface area (Å²) in [5.74, 6) is 0. The normalized spacial score (nSPS) is 11.5. The maximum atomic E-state index is 12.5. The molecular formula is C16H13BrClN3O2S. The molecular weight excluding hydrogens is 414 g/mol. The second-order valence-electron chi connectivity index (χ2n) is 5.10. The molecule has 0 atom stereocenters. The quantitative estimate of drug-likeness (QED) is 0.676. The van der Waals surface area contributed by atoms with Crippen LogP contribution in [0.3, 0.4) is 0 Å². The lowest BCUT2D eigenvalue weighted by molar-refractivity contribution is 0.601. The standard InChI is InChI=1S/C16H13BrClN3O2S/c1-21-16(15(17)10-19-21)11-3-2-4-13(9-11)20-24(22,23)14-7-5-12(18)6-8-14/h2-10,20H,1H3. The molecule has 124 valence electrons. The van der Waals surface area contributed by atoms with Crippen molar-refractivity contribution in [2.45, 2.75) is 4.90 Å². The zero-order valence-corrected chi connectivity index (χ0v) is 15.7. The molecule has 0 amide bonds. The number of hydrogen-bond acceptors (Lipinski definition) is 3. The van der Waals surface area contributed by atoms with Crippen molar-refractivity contribution >= 4 is 43.2 Å². The fourth-order valence-electron chi connectivity index (χ4n) is 2.29. The molecule has 1 N–H and O–H groups in total. The van der Waals surface area contributed by atoms with E-state index in [1.165, 1.54) is 12.1 Å². The molecule has 0 fully saturated rings. The molecule has 0 aliphatic heterocycles. The third-order valence-electron chi connectivity index (χ3n) is 3.41. The average Bonchev–Trinajstić information content (AvgIpc) is 2.86. The minimum Gasteiger partial charge on any atom is -0.280 e. The zero-order valence-electron chi connectivity index (χ0n) is 12.6. The Bertz CT molecular complexity index is 965. The summed E-state index contributed by atoms with van der Waals surface area (Å²) in [5.41, 5.74) is 2.18. The number of benzene rings is 2. The highest BCUT2D eigenvalue weighted by Crippen LogP contribution is 2.29. The summed E-state index contributed by atoms with van der Waals surface area (Å²) in [6, 6.07) is 13.1. The first-order valence-electron chi connectivity index (χ1n) is 6.93. The van der Waals surface area contributed by atoms with E-state index in [-0.39, 0.29) is 4.90 Å². The molecule has 0 radical (unpaired) electrons. The molecule has 0 bridgehead atoms. The molecule has 0 saturated heterocycles. The average molecular weight is 427 g/mol. The lowest BCUT2D eigenvalue weighted by atomic mass is 10.1. The van der Waals surface area contributed by atoms with E-state index < -0.39 is 10.0 Å². The molecule has 1 heterocycles. The second-order valence-corrected chi connectivity index (χ2v) is 8.08. The van der Waals surface area contributed by atoms with Crippen molar-refractivity contribution in [3.8, 4) is 11.3 Å². The van der Waals surface area contributed by atoms with Gasteiger partial charge in [-0.05, 0) is 52.3 Å². The lowest BCUT2D eigenvalue weighted by Crippen LogP contribution is -2.12. The van der Waals surface area contributed by atoms with Gasteiger partial charge < -0.3 is 0 Å². The number of halogens is 2. The number of aromatic nitrogens is 2. The molecule has 0 unspecified atom stereocenters. The highest BCUT2D eigenvalue weighted by molar-refractivity contribution is 9.10. The van der Waals surface area contributed by atoms with E-state index in [0.717, 1.165) is 15.7 Å². The minimum absolute atomic E-state index is 0.152. The largest absolute Gasteiger partial charge is 0.280 e. The topological polar surface area (TPSA) is 64.0 Å². The van der Waals surface area contributed by atoms with E-state index in [1.807, 2.05) is 13.1 Å². The first-order chi connectivity index (χ1) is 11.4. The highest BCUT2D eigenvalue weighted by Gasteiger charge is 2.15. The van der Waals surface area contributed by atoms with Crippen LogP contribution in [0.25, 0.3) is 11.3 Å². The highest BCUT2D eigenvalue weighted by atomic mass is 79.9. The number of hydrogen-bond donors (Lipinski definition) is 1. The van der Waals surface area contributed by atoms with Gasteiger partial charge in [-0.2, -0.15) is 5.10 Å². The number of sulfonamides is 1. The molecule has 24 heavy (non-hydrogen) atoms. The van der Waals surface area contributed by atoms with Gasteiger partial charge in [0.05, 0.1) is 21.3 Å². The van der Waals surface area contributed by atoms with Gasteiger partial charge in [0.15, 0.2) is 0 Å². The molecule has 5 nitrogen and oxygen atoms in total. The summed E-state index contributed by atoms with van der Waals surface area (Å²) in [6.45, 7) is 0. The Labute approximate surface area is 153 Å². The molecule has 2 aromatic carbocycles. The number of rotatable bonds is 4. The van der Waals surface area contributed by atoms with E-state index in [2.05, 4.69) is 25.8 Å². The Morgan fingerprint density at radius 3 is 2.50 bits per heavy atom. The van der Waals surface area contributed by atoms with Crippen molar-refractivity contribution in [1.29, 1.82) is 0 Å². The van der Waals surface area contributed by atoms with Crippen LogP contribution in [0.1, 0.15) is 0 Å². The van der Waals surface area contributed by atoms with Crippen molar-refractivity contribution in [2.75, 3.05) is 4.72 Å². The van der Waals surface area contributed by atoms with Gasteiger partial charge in [0.25, 0.3) is 10.0 Å². The summed E-state index contributed by atoms with van der Waals surface area (Å²) < 4.78 is 30.1. The minimum atomic E-state index is -3.68. The third-order valence-corrected chi connectivity index (χ3v) is 5.64. The van der Waals surface area contributed by atoms with Gasteiger partial charge in [-0.1, -0.05) is 23.7 Å². The number of aryl methyl sites for hydroxylation is 1.